The molecule has 6 aromatic carbocycles. The summed E-state index contributed by atoms with van der Waals surface area (Å²) in [6, 6.07) is 52.9. The van der Waals surface area contributed by atoms with E-state index < -0.39 is 15.1 Å². The monoisotopic (exact) mass is 756 g/mol. The van der Waals surface area contributed by atoms with E-state index in [0.717, 1.165) is 33.8 Å². The van der Waals surface area contributed by atoms with Crippen molar-refractivity contribution in [2.45, 2.75) is 103 Å². The van der Waals surface area contributed by atoms with Crippen LogP contribution in [0.4, 0.5) is 0 Å². The quantitative estimate of drug-likeness (QED) is 0.130. The second-order valence-electron chi connectivity index (χ2n) is 17.9. The van der Waals surface area contributed by atoms with E-state index in [2.05, 4.69) is 215 Å². The van der Waals surface area contributed by atoms with Gasteiger partial charge in [-0.25, -0.2) is 0 Å². The molecule has 1 heterocycles. The summed E-state index contributed by atoms with van der Waals surface area (Å²) in [5.41, 5.74) is 10.8. The van der Waals surface area contributed by atoms with Gasteiger partial charge in [-0.3, -0.25) is 0 Å². The Morgan fingerprint density at radius 2 is 0.732 bits per heavy atom. The van der Waals surface area contributed by atoms with Crippen LogP contribution in [0.3, 0.4) is 0 Å². The average molecular weight is 757 g/mol. The zero-order valence-electron chi connectivity index (χ0n) is 34.9. The predicted octanol–water partition coefficient (Wildman–Crippen LogP) is 12.8. The van der Waals surface area contributed by atoms with Crippen LogP contribution in [-0.4, -0.2) is 21.3 Å². The third-order valence-electron chi connectivity index (χ3n) is 12.3. The molecule has 0 unspecified atom stereocenters. The maximum atomic E-state index is 7.25. The summed E-state index contributed by atoms with van der Waals surface area (Å²) in [6.45, 7) is 22.8. The predicted molar refractivity (Wildman–Crippen MR) is 233 cm³/mol. The van der Waals surface area contributed by atoms with Crippen LogP contribution in [0.15, 0.2) is 146 Å². The van der Waals surface area contributed by atoms with Gasteiger partial charge >= 0.3 is 15.1 Å². The minimum atomic E-state index is -2.85. The molecule has 0 fully saturated rings. The van der Waals surface area contributed by atoms with Crippen molar-refractivity contribution in [3.63, 3.8) is 0 Å². The Labute approximate surface area is 341 Å². The molecule has 4 heteroatoms. The minimum absolute atomic E-state index is 0.0817. The Hall–Kier alpha value is -4.59. The van der Waals surface area contributed by atoms with Crippen molar-refractivity contribution in [1.82, 2.24) is 0 Å². The highest BCUT2D eigenvalue weighted by atomic mass is 27.3. The van der Waals surface area contributed by atoms with Gasteiger partial charge in [0.15, 0.2) is 0 Å². The highest BCUT2D eigenvalue weighted by Gasteiger charge is 2.47. The fourth-order valence-corrected chi connectivity index (χ4v) is 9.88. The lowest BCUT2D eigenvalue weighted by Crippen LogP contribution is -2.40. The van der Waals surface area contributed by atoms with E-state index in [1.165, 1.54) is 33.4 Å². The molecule has 1 aliphatic rings. The Bertz CT molecular complexity index is 2120. The SMILES string of the molecule is CC(C)[O][Al]1[O]c2c(cc(C(C)(C)c3ccccc3)cc2C(C)(C)c2ccccc2)Cc2cc(C(C)(C)c3ccccc3)cc(C(C)(C)c3ccccc3)c2[O]1. The molecule has 286 valence electrons. The summed E-state index contributed by atoms with van der Waals surface area (Å²) >= 11 is -2.85. The molecule has 56 heavy (non-hydrogen) atoms. The zero-order valence-corrected chi connectivity index (χ0v) is 36.1. The van der Waals surface area contributed by atoms with Crippen molar-refractivity contribution in [1.29, 1.82) is 0 Å². The lowest BCUT2D eigenvalue weighted by atomic mass is 9.70. The Balaban J connectivity index is 1.54. The van der Waals surface area contributed by atoms with Crippen LogP contribution < -0.4 is 7.58 Å². The molecule has 0 aromatic heterocycles. The molecule has 0 N–H and O–H groups in total. The first-order valence-electron chi connectivity index (χ1n) is 20.2. The molecule has 7 rings (SSSR count). The molecular formula is C52H57AlO3. The molecule has 3 nitrogen and oxygen atoms in total. The Morgan fingerprint density at radius 1 is 0.429 bits per heavy atom. The van der Waals surface area contributed by atoms with Crippen LogP contribution in [0, 0.1) is 0 Å². The molecule has 0 amide bonds. The molecule has 0 saturated heterocycles. The number of hydrogen-bond acceptors (Lipinski definition) is 3. The summed E-state index contributed by atoms with van der Waals surface area (Å²) in [5.74, 6) is 1.76. The zero-order chi connectivity index (χ0) is 39.9. The fourth-order valence-electron chi connectivity index (χ4n) is 8.33. The van der Waals surface area contributed by atoms with Crippen LogP contribution in [0.2, 0.25) is 0 Å². The first-order valence-corrected chi connectivity index (χ1v) is 21.6. The molecule has 0 aliphatic carbocycles. The second kappa shape index (κ2) is 15.4. The van der Waals surface area contributed by atoms with Crippen molar-refractivity contribution in [3.05, 3.63) is 201 Å². The first-order chi connectivity index (χ1) is 26.6. The van der Waals surface area contributed by atoms with Gasteiger partial charge in [-0.15, -0.1) is 0 Å². The number of fused-ring (bicyclic) bond motifs is 2. The van der Waals surface area contributed by atoms with Crippen molar-refractivity contribution in [2.24, 2.45) is 0 Å². The highest BCUT2D eigenvalue weighted by molar-refractivity contribution is 6.38. The smallest absolute Gasteiger partial charge is 0.588 e. The van der Waals surface area contributed by atoms with E-state index >= 15 is 0 Å². The maximum absolute atomic E-state index is 7.25. The summed E-state index contributed by atoms with van der Waals surface area (Å²) in [5, 5.41) is 0. The van der Waals surface area contributed by atoms with Gasteiger partial charge in [0.2, 0.25) is 0 Å². The molecule has 0 bridgehead atoms. The summed E-state index contributed by atoms with van der Waals surface area (Å²) < 4.78 is 21.2. The summed E-state index contributed by atoms with van der Waals surface area (Å²) in [7, 11) is 0. The van der Waals surface area contributed by atoms with Crippen molar-refractivity contribution in [3.8, 4) is 11.5 Å². The molecule has 0 saturated carbocycles. The lowest BCUT2D eigenvalue weighted by Gasteiger charge is -2.38. The standard InChI is InChI=1S/C49H52O2.C3H7O.Al/c1-46(2,36-21-13-9-14-22-36)40-30-34(44(50)42(32-40)48(5,6)38-25-17-11-18-26-38)29-35-31-41(47(3,4)37-23-15-10-16-24-37)33-43(45(35)51)49(7,8)39-27-19-12-20-28-39;1-3(2)4;/h9-28,30-33,50-51H,29H2,1-8H3;3H,1-2H3;/q;-1;+3/p-2. The molecule has 1 aliphatic heterocycles. The molecule has 0 radical (unpaired) electrons. The van der Waals surface area contributed by atoms with E-state index in [4.69, 9.17) is 11.4 Å². The van der Waals surface area contributed by atoms with Gasteiger partial charge in [-0.2, -0.15) is 0 Å². The Kier molecular flexibility index (Phi) is 10.9. The van der Waals surface area contributed by atoms with Crippen LogP contribution in [0.25, 0.3) is 0 Å². The summed E-state index contributed by atoms with van der Waals surface area (Å²) in [6.07, 6.45) is 0.558. The van der Waals surface area contributed by atoms with E-state index in [0.29, 0.717) is 6.42 Å². The van der Waals surface area contributed by atoms with Gasteiger partial charge in [0, 0.05) is 45.3 Å². The van der Waals surface area contributed by atoms with Gasteiger partial charge < -0.3 is 11.4 Å². The number of hydrogen-bond donors (Lipinski definition) is 0. The van der Waals surface area contributed by atoms with Crippen LogP contribution >= 0.6 is 0 Å². The fraction of sp³-hybridized carbons (Fsp3) is 0.308. The third-order valence-corrected chi connectivity index (χ3v) is 13.9. The lowest BCUT2D eigenvalue weighted by molar-refractivity contribution is 0.151. The third kappa shape index (κ3) is 7.60. The van der Waals surface area contributed by atoms with Gasteiger partial charge in [-0.1, -0.05) is 201 Å². The number of benzene rings is 6. The van der Waals surface area contributed by atoms with Crippen molar-refractivity contribution < 1.29 is 11.4 Å². The normalized spacial score (nSPS) is 13.6. The van der Waals surface area contributed by atoms with Crippen molar-refractivity contribution in [2.75, 3.05) is 0 Å². The van der Waals surface area contributed by atoms with Gasteiger partial charge in [0.25, 0.3) is 0 Å². The van der Waals surface area contributed by atoms with E-state index in [1.54, 1.807) is 0 Å². The summed E-state index contributed by atoms with van der Waals surface area (Å²) in [4.78, 5) is 0. The first kappa shape index (κ1) is 39.6. The second-order valence-corrected chi connectivity index (χ2v) is 19.2. The molecule has 6 aromatic rings. The topological polar surface area (TPSA) is 27.7 Å². The van der Waals surface area contributed by atoms with Gasteiger partial charge in [-0.05, 0) is 58.4 Å². The minimum Gasteiger partial charge on any atom is -0.588 e. The molecular weight excluding hydrogens is 700 g/mol. The van der Waals surface area contributed by atoms with Gasteiger partial charge in [0.05, 0.1) is 11.5 Å². The van der Waals surface area contributed by atoms with Crippen LogP contribution in [0.5, 0.6) is 11.5 Å². The van der Waals surface area contributed by atoms with E-state index in [1.807, 2.05) is 0 Å². The maximum Gasteiger partial charge on any atom is 1.10 e. The van der Waals surface area contributed by atoms with E-state index in [9.17, 15) is 0 Å². The highest BCUT2D eigenvalue weighted by Crippen LogP contribution is 2.49. The Morgan fingerprint density at radius 3 is 1.04 bits per heavy atom. The van der Waals surface area contributed by atoms with Crippen molar-refractivity contribution >= 4 is 15.1 Å². The van der Waals surface area contributed by atoms with Gasteiger partial charge in [0.1, 0.15) is 0 Å². The largest absolute Gasteiger partial charge is 1.10 e. The number of rotatable bonds is 10. The molecule has 0 atom stereocenters. The van der Waals surface area contributed by atoms with Crippen LogP contribution in [0.1, 0.15) is 125 Å². The van der Waals surface area contributed by atoms with E-state index in [-0.39, 0.29) is 27.8 Å². The van der Waals surface area contributed by atoms with Crippen LogP contribution in [-0.2, 0) is 31.9 Å². The molecule has 0 spiro atoms. The average Bonchev–Trinajstić information content (AvgIpc) is 3.19.